The SMILES string of the molecule is N[C@@H](CCCCNC(=O)CCC(=O)N(CCNC(=O)CI)CCNC(=O)CI)C(=O)P. The average molecular weight is 683 g/mol. The van der Waals surface area contributed by atoms with Crippen molar-refractivity contribution < 1.29 is 24.0 Å². The molecule has 10 nitrogen and oxygen atoms in total. The number of unbranched alkanes of at least 4 members (excludes halogenated alkanes) is 1. The number of halogens is 2. The highest BCUT2D eigenvalue weighted by molar-refractivity contribution is 14.1. The number of alkyl halides is 2. The standard InChI is InChI=1S/C18H32I2N5O5P/c19-11-15(27)23-7-9-25(10-8-24-16(28)12-20)17(29)5-4-14(26)22-6-2-1-3-13(21)18(30)31/h13H,1-12,21,31H2,(H,22,26)(H,23,27)(H,24,28)/t13-/m0/s1. The van der Waals surface area contributed by atoms with Crippen LogP contribution in [0.15, 0.2) is 0 Å². The molecule has 178 valence electrons. The van der Waals surface area contributed by atoms with Gasteiger partial charge in [-0.3, -0.25) is 24.0 Å². The predicted octanol–water partition coefficient (Wildman–Crippen LogP) is -0.287. The second-order valence-corrected chi connectivity index (χ2v) is 8.80. The van der Waals surface area contributed by atoms with E-state index in [1.807, 2.05) is 45.2 Å². The lowest BCUT2D eigenvalue weighted by Crippen LogP contribution is -2.43. The molecule has 5 N–H and O–H groups in total. The molecule has 0 aromatic rings. The highest BCUT2D eigenvalue weighted by Gasteiger charge is 2.15. The van der Waals surface area contributed by atoms with E-state index >= 15 is 0 Å². The first-order valence-corrected chi connectivity index (χ1v) is 13.6. The lowest BCUT2D eigenvalue weighted by atomic mass is 10.1. The minimum Gasteiger partial charge on any atom is -0.356 e. The van der Waals surface area contributed by atoms with Crippen molar-refractivity contribution in [1.29, 1.82) is 0 Å². The molecule has 0 spiro atoms. The summed E-state index contributed by atoms with van der Waals surface area (Å²) in [5.41, 5.74) is 5.51. The summed E-state index contributed by atoms with van der Waals surface area (Å²) in [5.74, 6) is -0.675. The Kier molecular flexibility index (Phi) is 18.6. The van der Waals surface area contributed by atoms with E-state index in [9.17, 15) is 24.0 Å². The van der Waals surface area contributed by atoms with E-state index in [0.717, 1.165) is 6.42 Å². The molecule has 0 radical (unpaired) electrons. The van der Waals surface area contributed by atoms with Crippen LogP contribution < -0.4 is 21.7 Å². The highest BCUT2D eigenvalue weighted by atomic mass is 127. The Morgan fingerprint density at radius 1 is 0.806 bits per heavy atom. The summed E-state index contributed by atoms with van der Waals surface area (Å²) in [6.45, 7) is 1.68. The zero-order valence-corrected chi connectivity index (χ0v) is 22.9. The summed E-state index contributed by atoms with van der Waals surface area (Å²) < 4.78 is 0.661. The van der Waals surface area contributed by atoms with Crippen molar-refractivity contribution in [3.63, 3.8) is 0 Å². The number of carbonyl (C=O) groups is 5. The maximum absolute atomic E-state index is 12.5. The first-order chi connectivity index (χ1) is 14.7. The third-order valence-corrected chi connectivity index (χ3v) is 6.01. The second-order valence-electron chi connectivity index (χ2n) is 6.70. The Bertz CT molecular complexity index is 590. The minimum atomic E-state index is -0.493. The predicted molar refractivity (Wildman–Crippen MR) is 139 cm³/mol. The van der Waals surface area contributed by atoms with Crippen molar-refractivity contribution >= 4 is 83.6 Å². The molecule has 0 heterocycles. The number of carbonyl (C=O) groups excluding carboxylic acids is 5. The van der Waals surface area contributed by atoms with Gasteiger partial charge >= 0.3 is 0 Å². The Morgan fingerprint density at radius 2 is 1.32 bits per heavy atom. The fourth-order valence-corrected chi connectivity index (χ4v) is 3.15. The first-order valence-electron chi connectivity index (χ1n) is 9.96. The van der Waals surface area contributed by atoms with Crippen LogP contribution in [0.1, 0.15) is 32.1 Å². The normalized spacial score (nSPS) is 11.4. The van der Waals surface area contributed by atoms with Crippen LogP contribution in [0.25, 0.3) is 0 Å². The topological polar surface area (TPSA) is 151 Å². The zero-order valence-electron chi connectivity index (χ0n) is 17.5. The fourth-order valence-electron chi connectivity index (χ4n) is 2.44. The molecule has 0 saturated heterocycles. The molecule has 1 unspecified atom stereocenters. The fraction of sp³-hybridized carbons (Fsp3) is 0.722. The van der Waals surface area contributed by atoms with Gasteiger partial charge in [-0.05, 0) is 19.3 Å². The van der Waals surface area contributed by atoms with Crippen LogP contribution in [0.5, 0.6) is 0 Å². The number of nitrogens with two attached hydrogens (primary N) is 1. The van der Waals surface area contributed by atoms with Gasteiger partial charge in [-0.1, -0.05) is 54.4 Å². The molecular formula is C18H32I2N5O5P. The molecule has 0 rings (SSSR count). The summed E-state index contributed by atoms with van der Waals surface area (Å²) in [6, 6.07) is -0.493. The lowest BCUT2D eigenvalue weighted by molar-refractivity contribution is -0.134. The number of nitrogens with zero attached hydrogens (tertiary/aromatic N) is 1. The number of hydrogen-bond donors (Lipinski definition) is 4. The van der Waals surface area contributed by atoms with Gasteiger partial charge in [0.05, 0.1) is 14.9 Å². The van der Waals surface area contributed by atoms with Crippen LogP contribution in [-0.4, -0.2) is 81.7 Å². The van der Waals surface area contributed by atoms with Gasteiger partial charge in [0.15, 0.2) is 5.52 Å². The quantitative estimate of drug-likeness (QED) is 0.0717. The van der Waals surface area contributed by atoms with E-state index in [-0.39, 0.29) is 42.0 Å². The molecule has 4 amide bonds. The summed E-state index contributed by atoms with van der Waals surface area (Å²) in [6.07, 6.45) is 2.08. The number of rotatable bonds is 17. The van der Waals surface area contributed by atoms with E-state index in [4.69, 9.17) is 5.73 Å². The van der Waals surface area contributed by atoms with E-state index < -0.39 is 6.04 Å². The van der Waals surface area contributed by atoms with Gasteiger partial charge in [-0.25, -0.2) is 0 Å². The third kappa shape index (κ3) is 16.7. The largest absolute Gasteiger partial charge is 0.356 e. The van der Waals surface area contributed by atoms with Crippen LogP contribution >= 0.6 is 54.4 Å². The van der Waals surface area contributed by atoms with Gasteiger partial charge in [0.1, 0.15) is 0 Å². The molecule has 0 saturated carbocycles. The van der Waals surface area contributed by atoms with Crippen molar-refractivity contribution in [2.24, 2.45) is 5.73 Å². The van der Waals surface area contributed by atoms with Crippen molar-refractivity contribution in [3.8, 4) is 0 Å². The Balaban J connectivity index is 4.31. The van der Waals surface area contributed by atoms with E-state index in [2.05, 4.69) is 25.2 Å². The summed E-state index contributed by atoms with van der Waals surface area (Å²) >= 11 is 3.91. The van der Waals surface area contributed by atoms with E-state index in [0.29, 0.717) is 54.4 Å². The van der Waals surface area contributed by atoms with Crippen molar-refractivity contribution in [1.82, 2.24) is 20.9 Å². The zero-order chi connectivity index (χ0) is 23.6. The Hall–Kier alpha value is -0.600. The van der Waals surface area contributed by atoms with E-state index in [1.54, 1.807) is 0 Å². The van der Waals surface area contributed by atoms with Gasteiger partial charge in [-0.2, -0.15) is 0 Å². The van der Waals surface area contributed by atoms with Gasteiger partial charge < -0.3 is 26.6 Å². The van der Waals surface area contributed by atoms with Crippen molar-refractivity contribution in [2.45, 2.75) is 38.1 Å². The lowest BCUT2D eigenvalue weighted by Gasteiger charge is -2.23. The number of amides is 4. The van der Waals surface area contributed by atoms with Crippen LogP contribution in [0.3, 0.4) is 0 Å². The molecule has 0 aliphatic rings. The molecule has 0 fully saturated rings. The molecule has 0 bridgehead atoms. The first kappa shape index (κ1) is 30.4. The Labute approximate surface area is 212 Å². The summed E-state index contributed by atoms with van der Waals surface area (Å²) in [4.78, 5) is 59.8. The third-order valence-electron chi connectivity index (χ3n) is 4.20. The van der Waals surface area contributed by atoms with Crippen LogP contribution in [0.4, 0.5) is 0 Å². The van der Waals surface area contributed by atoms with Crippen LogP contribution in [0.2, 0.25) is 0 Å². The van der Waals surface area contributed by atoms with Crippen LogP contribution in [-0.2, 0) is 24.0 Å². The highest BCUT2D eigenvalue weighted by Crippen LogP contribution is 2.03. The number of nitrogens with one attached hydrogen (secondary N) is 3. The van der Waals surface area contributed by atoms with Gasteiger partial charge in [0, 0.05) is 45.6 Å². The molecule has 0 aliphatic carbocycles. The summed E-state index contributed by atoms with van der Waals surface area (Å²) in [7, 11) is 2.06. The molecular weight excluding hydrogens is 651 g/mol. The minimum absolute atomic E-state index is 0.0404. The molecule has 0 aromatic carbocycles. The average Bonchev–Trinajstić information content (AvgIpc) is 2.75. The van der Waals surface area contributed by atoms with E-state index in [1.165, 1.54) is 4.90 Å². The Morgan fingerprint density at radius 3 is 1.81 bits per heavy atom. The molecule has 0 aromatic heterocycles. The second kappa shape index (κ2) is 18.9. The van der Waals surface area contributed by atoms with Gasteiger partial charge in [0.25, 0.3) is 0 Å². The van der Waals surface area contributed by atoms with Crippen molar-refractivity contribution in [3.05, 3.63) is 0 Å². The number of hydrogen-bond acceptors (Lipinski definition) is 6. The van der Waals surface area contributed by atoms with Crippen molar-refractivity contribution in [2.75, 3.05) is 41.6 Å². The van der Waals surface area contributed by atoms with Gasteiger partial charge in [0.2, 0.25) is 23.6 Å². The smallest absolute Gasteiger partial charge is 0.229 e. The molecule has 13 heteroatoms. The molecule has 2 atom stereocenters. The van der Waals surface area contributed by atoms with Gasteiger partial charge in [-0.15, -0.1) is 0 Å². The molecule has 0 aliphatic heterocycles. The van der Waals surface area contributed by atoms with Crippen LogP contribution in [0, 0.1) is 0 Å². The monoisotopic (exact) mass is 683 g/mol. The molecule has 31 heavy (non-hydrogen) atoms. The summed E-state index contributed by atoms with van der Waals surface area (Å²) in [5, 5.41) is 8.17. The maximum Gasteiger partial charge on any atom is 0.229 e. The maximum atomic E-state index is 12.5.